The van der Waals surface area contributed by atoms with Gasteiger partial charge in [0, 0.05) is 24.7 Å². The van der Waals surface area contributed by atoms with Crippen molar-refractivity contribution >= 4 is 11.6 Å². The van der Waals surface area contributed by atoms with Gasteiger partial charge in [-0.3, -0.25) is 14.9 Å². The minimum atomic E-state index is -0.442. The highest BCUT2D eigenvalue weighted by molar-refractivity contribution is 5.94. The molecule has 142 valence electrons. The molecule has 0 aliphatic heterocycles. The first-order valence-electron chi connectivity index (χ1n) is 8.80. The maximum Gasteiger partial charge on any atom is 0.269 e. The number of nitrogens with zero attached hydrogens (tertiary/aromatic N) is 2. The van der Waals surface area contributed by atoms with Crippen LogP contribution < -0.4 is 4.74 Å². The topological polar surface area (TPSA) is 72.7 Å². The predicted octanol–water partition coefficient (Wildman–Crippen LogP) is 5.22. The summed E-state index contributed by atoms with van der Waals surface area (Å²) >= 11 is 0. The number of hydrogen-bond donors (Lipinski definition) is 0. The van der Waals surface area contributed by atoms with Crippen molar-refractivity contribution < 1.29 is 14.5 Å². The van der Waals surface area contributed by atoms with Gasteiger partial charge in [0.05, 0.1) is 11.0 Å². The van der Waals surface area contributed by atoms with Crippen molar-refractivity contribution in [2.45, 2.75) is 13.0 Å². The van der Waals surface area contributed by atoms with Crippen molar-refractivity contribution in [3.63, 3.8) is 0 Å². The number of nitro groups is 1. The molecule has 1 amide bonds. The van der Waals surface area contributed by atoms with Gasteiger partial charge in [-0.15, -0.1) is 0 Å². The molecular weight excluding hydrogens is 356 g/mol. The number of carbonyl (C=O) groups is 1. The number of non-ortho nitro benzene ring substituents is 1. The van der Waals surface area contributed by atoms with Gasteiger partial charge >= 0.3 is 0 Å². The van der Waals surface area contributed by atoms with E-state index in [1.807, 2.05) is 37.3 Å². The Balaban J connectivity index is 1.78. The number of ether oxygens (including phenoxy) is 1. The minimum Gasteiger partial charge on any atom is -0.457 e. The minimum absolute atomic E-state index is 0.00320. The summed E-state index contributed by atoms with van der Waals surface area (Å²) in [6, 6.07) is 22.3. The van der Waals surface area contributed by atoms with E-state index >= 15 is 0 Å². The number of amides is 1. The fourth-order valence-electron chi connectivity index (χ4n) is 2.82. The molecule has 0 bridgehead atoms. The third-order valence-corrected chi connectivity index (χ3v) is 4.52. The van der Waals surface area contributed by atoms with Crippen molar-refractivity contribution in [2.24, 2.45) is 0 Å². The summed E-state index contributed by atoms with van der Waals surface area (Å²) in [6.07, 6.45) is 0. The molecule has 0 saturated heterocycles. The molecule has 0 aliphatic carbocycles. The normalized spacial score (nSPS) is 11.5. The van der Waals surface area contributed by atoms with Crippen LogP contribution in [0, 0.1) is 10.1 Å². The largest absolute Gasteiger partial charge is 0.457 e. The fourth-order valence-corrected chi connectivity index (χ4v) is 2.82. The molecule has 1 unspecified atom stereocenters. The molecule has 6 heteroatoms. The Labute approximate surface area is 163 Å². The van der Waals surface area contributed by atoms with Crippen molar-refractivity contribution in [2.75, 3.05) is 7.05 Å². The van der Waals surface area contributed by atoms with Crippen molar-refractivity contribution in [1.29, 1.82) is 0 Å². The first-order chi connectivity index (χ1) is 13.5. The van der Waals surface area contributed by atoms with E-state index in [2.05, 4.69) is 0 Å². The van der Waals surface area contributed by atoms with Gasteiger partial charge in [0.25, 0.3) is 11.6 Å². The second-order valence-corrected chi connectivity index (χ2v) is 6.39. The number of rotatable bonds is 6. The average molecular weight is 376 g/mol. The van der Waals surface area contributed by atoms with E-state index in [-0.39, 0.29) is 17.6 Å². The monoisotopic (exact) mass is 376 g/mol. The second-order valence-electron chi connectivity index (χ2n) is 6.39. The summed E-state index contributed by atoms with van der Waals surface area (Å²) < 4.78 is 5.79. The summed E-state index contributed by atoms with van der Waals surface area (Å²) in [7, 11) is 1.68. The zero-order valence-electron chi connectivity index (χ0n) is 15.6. The van der Waals surface area contributed by atoms with Crippen LogP contribution in [0.15, 0.2) is 78.9 Å². The molecule has 3 aromatic rings. The third kappa shape index (κ3) is 4.35. The van der Waals surface area contributed by atoms with Crippen LogP contribution >= 0.6 is 0 Å². The number of hydrogen-bond acceptors (Lipinski definition) is 4. The standard InChI is InChI=1S/C22H20N2O4/c1-16(17-8-6-10-19(14-17)24(26)27)23(2)22(25)18-9-7-13-21(15-18)28-20-11-4-3-5-12-20/h3-16H,1-2H3. The first kappa shape index (κ1) is 19.1. The zero-order chi connectivity index (χ0) is 20.1. The third-order valence-electron chi connectivity index (χ3n) is 4.52. The molecule has 3 aromatic carbocycles. The molecule has 6 nitrogen and oxygen atoms in total. The van der Waals surface area contributed by atoms with Gasteiger partial charge in [-0.1, -0.05) is 36.4 Å². The molecule has 0 radical (unpaired) electrons. The number of nitro benzene ring substituents is 1. The Morgan fingerprint density at radius 1 is 0.964 bits per heavy atom. The van der Waals surface area contributed by atoms with Crippen LogP contribution in [0.1, 0.15) is 28.9 Å². The molecule has 3 rings (SSSR count). The lowest BCUT2D eigenvalue weighted by molar-refractivity contribution is -0.384. The highest BCUT2D eigenvalue weighted by Crippen LogP contribution is 2.26. The Hall–Kier alpha value is -3.67. The number of benzene rings is 3. The predicted molar refractivity (Wildman–Crippen MR) is 107 cm³/mol. The van der Waals surface area contributed by atoms with E-state index in [4.69, 9.17) is 4.74 Å². The summed E-state index contributed by atoms with van der Waals surface area (Å²) in [5.41, 5.74) is 1.18. The van der Waals surface area contributed by atoms with Crippen molar-refractivity contribution in [1.82, 2.24) is 4.90 Å². The van der Waals surface area contributed by atoms with Gasteiger partial charge in [0.2, 0.25) is 0 Å². The highest BCUT2D eigenvalue weighted by Gasteiger charge is 2.21. The van der Waals surface area contributed by atoms with E-state index in [1.165, 1.54) is 12.1 Å². The van der Waals surface area contributed by atoms with E-state index in [9.17, 15) is 14.9 Å². The SMILES string of the molecule is CC(c1cccc([N+](=O)[O-])c1)N(C)C(=O)c1cccc(Oc2ccccc2)c1. The molecule has 0 aromatic heterocycles. The Morgan fingerprint density at radius 2 is 1.64 bits per heavy atom. The lowest BCUT2D eigenvalue weighted by Gasteiger charge is -2.25. The van der Waals surface area contributed by atoms with E-state index in [1.54, 1.807) is 48.3 Å². The average Bonchev–Trinajstić information content (AvgIpc) is 2.73. The highest BCUT2D eigenvalue weighted by atomic mass is 16.6. The number of carbonyl (C=O) groups excluding carboxylic acids is 1. The summed E-state index contributed by atoms with van der Waals surface area (Å²) in [5.74, 6) is 1.05. The lowest BCUT2D eigenvalue weighted by atomic mass is 10.1. The molecule has 0 aliphatic rings. The van der Waals surface area contributed by atoms with E-state index in [0.29, 0.717) is 22.6 Å². The maximum absolute atomic E-state index is 12.9. The van der Waals surface area contributed by atoms with Crippen LogP contribution in [0.3, 0.4) is 0 Å². The van der Waals surface area contributed by atoms with Crippen molar-refractivity contribution in [3.05, 3.63) is 100 Å². The smallest absolute Gasteiger partial charge is 0.269 e. The molecule has 28 heavy (non-hydrogen) atoms. The van der Waals surface area contributed by atoms with Crippen LogP contribution in [0.2, 0.25) is 0 Å². The van der Waals surface area contributed by atoms with Gasteiger partial charge < -0.3 is 9.64 Å². The van der Waals surface area contributed by atoms with Gasteiger partial charge in [-0.25, -0.2) is 0 Å². The zero-order valence-corrected chi connectivity index (χ0v) is 15.6. The molecule has 1 atom stereocenters. The summed E-state index contributed by atoms with van der Waals surface area (Å²) in [5, 5.41) is 11.0. The van der Waals surface area contributed by atoms with Gasteiger partial charge in [-0.2, -0.15) is 0 Å². The lowest BCUT2D eigenvalue weighted by Crippen LogP contribution is -2.29. The van der Waals surface area contributed by atoms with Crippen LogP contribution in [0.4, 0.5) is 5.69 Å². The van der Waals surface area contributed by atoms with Gasteiger partial charge in [-0.05, 0) is 42.8 Å². The number of para-hydroxylation sites is 1. The summed E-state index contributed by atoms with van der Waals surface area (Å²) in [6.45, 7) is 1.83. The van der Waals surface area contributed by atoms with Gasteiger partial charge in [0.1, 0.15) is 11.5 Å². The Bertz CT molecular complexity index is 989. The molecule has 0 heterocycles. The maximum atomic E-state index is 12.9. The van der Waals surface area contributed by atoms with Crippen LogP contribution in [0.25, 0.3) is 0 Å². The van der Waals surface area contributed by atoms with Crippen molar-refractivity contribution in [3.8, 4) is 11.5 Å². The Kier molecular flexibility index (Phi) is 5.69. The summed E-state index contributed by atoms with van der Waals surface area (Å²) in [4.78, 5) is 25.0. The molecular formula is C22H20N2O4. The van der Waals surface area contributed by atoms with Crippen LogP contribution in [-0.2, 0) is 0 Å². The first-order valence-corrected chi connectivity index (χ1v) is 8.80. The van der Waals surface area contributed by atoms with Crippen LogP contribution in [-0.4, -0.2) is 22.8 Å². The molecule has 0 fully saturated rings. The Morgan fingerprint density at radius 3 is 2.36 bits per heavy atom. The molecule has 0 N–H and O–H groups in total. The van der Waals surface area contributed by atoms with Gasteiger partial charge in [0.15, 0.2) is 0 Å². The molecule has 0 saturated carbocycles. The fraction of sp³-hybridized carbons (Fsp3) is 0.136. The second kappa shape index (κ2) is 8.35. The quantitative estimate of drug-likeness (QED) is 0.437. The van der Waals surface area contributed by atoms with E-state index < -0.39 is 4.92 Å². The van der Waals surface area contributed by atoms with Crippen LogP contribution in [0.5, 0.6) is 11.5 Å². The van der Waals surface area contributed by atoms with E-state index in [0.717, 1.165) is 0 Å². The molecule has 0 spiro atoms.